The molecule has 0 aliphatic heterocycles. The molecule has 0 saturated heterocycles. The molecule has 1 aliphatic rings. The van der Waals surface area contributed by atoms with E-state index in [0.717, 1.165) is 6.42 Å². The SMILES string of the molecule is C/C=C\C1C(C(=O)OC)C1(C)CC. The second-order valence-corrected chi connectivity index (χ2v) is 3.91. The van der Waals surface area contributed by atoms with Crippen molar-refractivity contribution in [2.24, 2.45) is 17.3 Å². The number of carbonyl (C=O) groups is 1. The summed E-state index contributed by atoms with van der Waals surface area (Å²) in [6.45, 7) is 6.27. The fourth-order valence-electron chi connectivity index (χ4n) is 2.14. The van der Waals surface area contributed by atoms with Crippen LogP contribution in [-0.4, -0.2) is 13.1 Å². The maximum atomic E-state index is 11.4. The van der Waals surface area contributed by atoms with Gasteiger partial charge in [-0.05, 0) is 24.7 Å². The summed E-state index contributed by atoms with van der Waals surface area (Å²) in [5.41, 5.74) is 0.138. The van der Waals surface area contributed by atoms with Crippen LogP contribution in [-0.2, 0) is 9.53 Å². The minimum absolute atomic E-state index is 0.0625. The molecular weight excluding hydrogens is 164 g/mol. The molecule has 0 aromatic carbocycles. The number of rotatable bonds is 3. The molecule has 1 rings (SSSR count). The number of carbonyl (C=O) groups excluding carboxylic acids is 1. The van der Waals surface area contributed by atoms with Gasteiger partial charge >= 0.3 is 5.97 Å². The first-order valence-corrected chi connectivity index (χ1v) is 4.82. The molecule has 3 atom stereocenters. The summed E-state index contributed by atoms with van der Waals surface area (Å²) in [5.74, 6) is 0.404. The minimum Gasteiger partial charge on any atom is -0.469 e. The van der Waals surface area contributed by atoms with Crippen LogP contribution in [0.3, 0.4) is 0 Å². The van der Waals surface area contributed by atoms with Crippen molar-refractivity contribution in [3.63, 3.8) is 0 Å². The number of hydrogen-bond donors (Lipinski definition) is 0. The minimum atomic E-state index is -0.0625. The normalized spacial score (nSPS) is 37.8. The third kappa shape index (κ3) is 1.50. The maximum Gasteiger partial charge on any atom is 0.309 e. The molecule has 2 nitrogen and oxygen atoms in total. The zero-order valence-corrected chi connectivity index (χ0v) is 8.83. The van der Waals surface area contributed by atoms with E-state index in [4.69, 9.17) is 4.74 Å². The lowest BCUT2D eigenvalue weighted by Gasteiger charge is -2.04. The van der Waals surface area contributed by atoms with Crippen LogP contribution in [0, 0.1) is 17.3 Å². The molecule has 0 bridgehead atoms. The van der Waals surface area contributed by atoms with E-state index in [1.165, 1.54) is 7.11 Å². The first-order chi connectivity index (χ1) is 6.11. The van der Waals surface area contributed by atoms with E-state index in [-0.39, 0.29) is 17.3 Å². The highest BCUT2D eigenvalue weighted by molar-refractivity contribution is 5.78. The van der Waals surface area contributed by atoms with Crippen molar-refractivity contribution in [1.82, 2.24) is 0 Å². The molecule has 0 N–H and O–H groups in total. The third-order valence-corrected chi connectivity index (χ3v) is 3.34. The molecule has 3 unspecified atom stereocenters. The van der Waals surface area contributed by atoms with E-state index < -0.39 is 0 Å². The Morgan fingerprint density at radius 1 is 1.62 bits per heavy atom. The van der Waals surface area contributed by atoms with Crippen molar-refractivity contribution >= 4 is 5.97 Å². The number of esters is 1. The molecule has 1 saturated carbocycles. The molecular formula is C11H18O2. The van der Waals surface area contributed by atoms with Crippen LogP contribution >= 0.6 is 0 Å². The van der Waals surface area contributed by atoms with Gasteiger partial charge < -0.3 is 4.74 Å². The summed E-state index contributed by atoms with van der Waals surface area (Å²) in [4.78, 5) is 11.4. The molecule has 0 aromatic heterocycles. The van der Waals surface area contributed by atoms with Crippen molar-refractivity contribution in [3.8, 4) is 0 Å². The lowest BCUT2D eigenvalue weighted by molar-refractivity contribution is -0.143. The predicted octanol–water partition coefficient (Wildman–Crippen LogP) is 2.40. The van der Waals surface area contributed by atoms with Crippen LogP contribution in [0.5, 0.6) is 0 Å². The summed E-state index contributed by atoms with van der Waals surface area (Å²) < 4.78 is 4.78. The van der Waals surface area contributed by atoms with Crippen LogP contribution < -0.4 is 0 Å². The number of ether oxygens (including phenoxy) is 1. The molecule has 0 aromatic rings. The highest BCUT2D eigenvalue weighted by Crippen LogP contribution is 2.61. The molecule has 0 spiro atoms. The fourth-order valence-corrected chi connectivity index (χ4v) is 2.14. The smallest absolute Gasteiger partial charge is 0.309 e. The van der Waals surface area contributed by atoms with Crippen LogP contribution in [0.4, 0.5) is 0 Å². The monoisotopic (exact) mass is 182 g/mol. The second kappa shape index (κ2) is 3.52. The molecule has 2 heteroatoms. The topological polar surface area (TPSA) is 26.3 Å². The Bertz CT molecular complexity index is 232. The lowest BCUT2D eigenvalue weighted by Crippen LogP contribution is -2.08. The summed E-state index contributed by atoms with van der Waals surface area (Å²) in [6, 6.07) is 0. The van der Waals surface area contributed by atoms with Crippen LogP contribution in [0.2, 0.25) is 0 Å². The predicted molar refractivity (Wildman–Crippen MR) is 52.2 cm³/mol. The average Bonchev–Trinajstić information content (AvgIpc) is 2.72. The highest BCUT2D eigenvalue weighted by atomic mass is 16.5. The summed E-state index contributed by atoms with van der Waals surface area (Å²) >= 11 is 0. The molecule has 1 aliphatic carbocycles. The van der Waals surface area contributed by atoms with Gasteiger partial charge in [-0.3, -0.25) is 4.79 Å². The third-order valence-electron chi connectivity index (χ3n) is 3.34. The second-order valence-electron chi connectivity index (χ2n) is 3.91. The Morgan fingerprint density at radius 3 is 2.62 bits per heavy atom. The Balaban J connectivity index is 2.72. The van der Waals surface area contributed by atoms with Gasteiger partial charge in [-0.2, -0.15) is 0 Å². The van der Waals surface area contributed by atoms with Crippen molar-refractivity contribution in [2.75, 3.05) is 7.11 Å². The first kappa shape index (κ1) is 10.3. The highest BCUT2D eigenvalue weighted by Gasteiger charge is 2.62. The van der Waals surface area contributed by atoms with Crippen LogP contribution in [0.25, 0.3) is 0 Å². The van der Waals surface area contributed by atoms with E-state index in [1.807, 2.05) is 13.0 Å². The lowest BCUT2D eigenvalue weighted by atomic mass is 10.0. The molecule has 1 fully saturated rings. The zero-order chi connectivity index (χ0) is 10.1. The largest absolute Gasteiger partial charge is 0.469 e. The molecule has 0 radical (unpaired) electrons. The summed E-state index contributed by atoms with van der Waals surface area (Å²) in [5, 5.41) is 0. The number of hydrogen-bond acceptors (Lipinski definition) is 2. The van der Waals surface area contributed by atoms with Gasteiger partial charge in [0.05, 0.1) is 13.0 Å². The van der Waals surface area contributed by atoms with Gasteiger partial charge in [0.2, 0.25) is 0 Å². The first-order valence-electron chi connectivity index (χ1n) is 4.82. The molecule has 0 amide bonds. The maximum absolute atomic E-state index is 11.4. The number of methoxy groups -OCH3 is 1. The average molecular weight is 182 g/mol. The van der Waals surface area contributed by atoms with Gasteiger partial charge in [-0.1, -0.05) is 26.0 Å². The van der Waals surface area contributed by atoms with Gasteiger partial charge in [0.1, 0.15) is 0 Å². The van der Waals surface area contributed by atoms with E-state index in [9.17, 15) is 4.79 Å². The Hall–Kier alpha value is -0.790. The summed E-state index contributed by atoms with van der Waals surface area (Å²) in [7, 11) is 1.46. The van der Waals surface area contributed by atoms with Crippen molar-refractivity contribution in [2.45, 2.75) is 27.2 Å². The van der Waals surface area contributed by atoms with Crippen LogP contribution in [0.15, 0.2) is 12.2 Å². The van der Waals surface area contributed by atoms with Crippen molar-refractivity contribution in [1.29, 1.82) is 0 Å². The molecule has 74 valence electrons. The quantitative estimate of drug-likeness (QED) is 0.495. The van der Waals surface area contributed by atoms with Crippen molar-refractivity contribution in [3.05, 3.63) is 12.2 Å². The Labute approximate surface area is 80.0 Å². The van der Waals surface area contributed by atoms with E-state index in [1.54, 1.807) is 0 Å². The van der Waals surface area contributed by atoms with E-state index >= 15 is 0 Å². The van der Waals surface area contributed by atoms with Gasteiger partial charge in [-0.25, -0.2) is 0 Å². The van der Waals surface area contributed by atoms with Gasteiger partial charge in [0, 0.05) is 0 Å². The van der Waals surface area contributed by atoms with Crippen molar-refractivity contribution < 1.29 is 9.53 Å². The Kier molecular flexibility index (Phi) is 2.79. The Morgan fingerprint density at radius 2 is 2.23 bits per heavy atom. The standard InChI is InChI=1S/C11H18O2/c1-5-7-8-9(10(12)13-4)11(8,3)6-2/h5,7-9H,6H2,1-4H3/b7-5-. The van der Waals surface area contributed by atoms with Gasteiger partial charge in [-0.15, -0.1) is 0 Å². The van der Waals surface area contributed by atoms with Crippen LogP contribution in [0.1, 0.15) is 27.2 Å². The summed E-state index contributed by atoms with van der Waals surface area (Å²) in [6.07, 6.45) is 5.16. The molecule has 0 heterocycles. The molecule has 13 heavy (non-hydrogen) atoms. The van der Waals surface area contributed by atoms with E-state index in [2.05, 4.69) is 19.9 Å². The van der Waals surface area contributed by atoms with Gasteiger partial charge in [0.15, 0.2) is 0 Å². The zero-order valence-electron chi connectivity index (χ0n) is 8.83. The van der Waals surface area contributed by atoms with Gasteiger partial charge in [0.25, 0.3) is 0 Å². The van der Waals surface area contributed by atoms with E-state index in [0.29, 0.717) is 5.92 Å². The fraction of sp³-hybridized carbons (Fsp3) is 0.727. The number of allylic oxidation sites excluding steroid dienone is 2.